The Hall–Kier alpha value is -1.12. The summed E-state index contributed by atoms with van der Waals surface area (Å²) in [4.78, 5) is 0. The van der Waals surface area contributed by atoms with Gasteiger partial charge in [0.1, 0.15) is 0 Å². The third kappa shape index (κ3) is 4.18. The molecule has 0 aliphatic heterocycles. The number of benzene rings is 2. The number of halogens is 1. The Labute approximate surface area is 136 Å². The Morgan fingerprint density at radius 2 is 1.67 bits per heavy atom. The van der Waals surface area contributed by atoms with E-state index in [4.69, 9.17) is 0 Å². The van der Waals surface area contributed by atoms with Gasteiger partial charge in [-0.15, -0.1) is 0 Å². The molecule has 0 aromatic heterocycles. The molecule has 0 saturated carbocycles. The zero-order chi connectivity index (χ0) is 15.2. The topological polar surface area (TPSA) is 12.0 Å². The minimum Gasteiger partial charge on any atom is -0.307 e. The molecule has 2 aromatic carbocycles. The predicted octanol–water partition coefficient (Wildman–Crippen LogP) is 5.41. The number of hydrogen-bond donors (Lipinski definition) is 1. The highest BCUT2D eigenvalue weighted by molar-refractivity contribution is 9.10. The second-order valence-electron chi connectivity index (χ2n) is 5.49. The first-order valence-electron chi connectivity index (χ1n) is 7.74. The van der Waals surface area contributed by atoms with Gasteiger partial charge in [-0.05, 0) is 48.2 Å². The Morgan fingerprint density at radius 3 is 2.24 bits per heavy atom. The van der Waals surface area contributed by atoms with Gasteiger partial charge in [-0.1, -0.05) is 72.6 Å². The minimum absolute atomic E-state index is 0.262. The van der Waals surface area contributed by atoms with Crippen LogP contribution in [0.5, 0.6) is 0 Å². The van der Waals surface area contributed by atoms with E-state index in [1.54, 1.807) is 0 Å². The van der Waals surface area contributed by atoms with E-state index in [1.165, 1.54) is 33.1 Å². The second kappa shape index (κ2) is 7.77. The number of nitrogens with one attached hydrogen (secondary N) is 1. The zero-order valence-corrected chi connectivity index (χ0v) is 14.7. The SMILES string of the molecule is CCCc1ccc(C(NCC)c2ccc(Br)c(C)c2)cc1. The van der Waals surface area contributed by atoms with Crippen molar-refractivity contribution >= 4 is 15.9 Å². The van der Waals surface area contributed by atoms with Crippen LogP contribution in [-0.4, -0.2) is 6.54 Å². The summed E-state index contributed by atoms with van der Waals surface area (Å²) >= 11 is 3.58. The van der Waals surface area contributed by atoms with Gasteiger partial charge >= 0.3 is 0 Å². The third-order valence-corrected chi connectivity index (χ3v) is 4.67. The van der Waals surface area contributed by atoms with E-state index >= 15 is 0 Å². The molecule has 1 unspecified atom stereocenters. The molecule has 21 heavy (non-hydrogen) atoms. The van der Waals surface area contributed by atoms with Crippen LogP contribution in [0.3, 0.4) is 0 Å². The smallest absolute Gasteiger partial charge is 0.0576 e. The van der Waals surface area contributed by atoms with Crippen LogP contribution in [0.2, 0.25) is 0 Å². The van der Waals surface area contributed by atoms with Crippen LogP contribution in [0, 0.1) is 6.92 Å². The first-order valence-corrected chi connectivity index (χ1v) is 8.53. The van der Waals surface area contributed by atoms with E-state index in [0.29, 0.717) is 0 Å². The monoisotopic (exact) mass is 345 g/mol. The molecule has 1 atom stereocenters. The molecule has 1 N–H and O–H groups in total. The van der Waals surface area contributed by atoms with Crippen LogP contribution in [-0.2, 0) is 6.42 Å². The van der Waals surface area contributed by atoms with Crippen LogP contribution < -0.4 is 5.32 Å². The van der Waals surface area contributed by atoms with Crippen molar-refractivity contribution in [2.24, 2.45) is 0 Å². The van der Waals surface area contributed by atoms with Gasteiger partial charge in [0.25, 0.3) is 0 Å². The van der Waals surface area contributed by atoms with Crippen LogP contribution >= 0.6 is 15.9 Å². The lowest BCUT2D eigenvalue weighted by Crippen LogP contribution is -2.22. The van der Waals surface area contributed by atoms with Gasteiger partial charge in [0, 0.05) is 4.47 Å². The molecule has 0 spiro atoms. The normalized spacial score (nSPS) is 12.4. The Bertz CT molecular complexity index is 575. The highest BCUT2D eigenvalue weighted by Crippen LogP contribution is 2.26. The molecular weight excluding hydrogens is 322 g/mol. The molecule has 2 heteroatoms. The molecule has 1 nitrogen and oxygen atoms in total. The van der Waals surface area contributed by atoms with E-state index in [-0.39, 0.29) is 6.04 Å². The van der Waals surface area contributed by atoms with Crippen molar-refractivity contribution in [3.05, 3.63) is 69.2 Å². The molecular formula is C19H24BrN. The second-order valence-corrected chi connectivity index (χ2v) is 6.35. The summed E-state index contributed by atoms with van der Waals surface area (Å²) in [7, 11) is 0. The summed E-state index contributed by atoms with van der Waals surface area (Å²) in [5.74, 6) is 0. The molecule has 2 aromatic rings. The van der Waals surface area contributed by atoms with Crippen molar-refractivity contribution in [1.29, 1.82) is 0 Å². The molecule has 112 valence electrons. The van der Waals surface area contributed by atoms with E-state index in [1.807, 2.05) is 0 Å². The van der Waals surface area contributed by atoms with Gasteiger partial charge in [0.15, 0.2) is 0 Å². The van der Waals surface area contributed by atoms with E-state index in [9.17, 15) is 0 Å². The van der Waals surface area contributed by atoms with Gasteiger partial charge < -0.3 is 5.32 Å². The first kappa shape index (κ1) is 16.3. The number of aryl methyl sites for hydroxylation is 2. The van der Waals surface area contributed by atoms with Crippen molar-refractivity contribution in [3.63, 3.8) is 0 Å². The average Bonchev–Trinajstić information content (AvgIpc) is 2.49. The maximum absolute atomic E-state index is 3.60. The summed E-state index contributed by atoms with van der Waals surface area (Å²) in [6.45, 7) is 7.47. The summed E-state index contributed by atoms with van der Waals surface area (Å²) in [5.41, 5.74) is 5.35. The van der Waals surface area contributed by atoms with Crippen LogP contribution in [0.4, 0.5) is 0 Å². The maximum atomic E-state index is 3.60. The average molecular weight is 346 g/mol. The van der Waals surface area contributed by atoms with E-state index < -0.39 is 0 Å². The van der Waals surface area contributed by atoms with Gasteiger partial charge in [0.05, 0.1) is 6.04 Å². The molecule has 0 amide bonds. The van der Waals surface area contributed by atoms with Crippen LogP contribution in [0.15, 0.2) is 46.9 Å². The molecule has 0 heterocycles. The molecule has 0 aliphatic rings. The Balaban J connectivity index is 2.31. The van der Waals surface area contributed by atoms with E-state index in [0.717, 1.165) is 13.0 Å². The maximum Gasteiger partial charge on any atom is 0.0576 e. The van der Waals surface area contributed by atoms with Crippen LogP contribution in [0.25, 0.3) is 0 Å². The van der Waals surface area contributed by atoms with Crippen LogP contribution in [0.1, 0.15) is 48.6 Å². The number of rotatable bonds is 6. The predicted molar refractivity (Wildman–Crippen MR) is 94.8 cm³/mol. The largest absolute Gasteiger partial charge is 0.307 e. The van der Waals surface area contributed by atoms with Crippen molar-refractivity contribution in [3.8, 4) is 0 Å². The fourth-order valence-electron chi connectivity index (χ4n) is 2.65. The fourth-order valence-corrected chi connectivity index (χ4v) is 2.89. The summed E-state index contributed by atoms with van der Waals surface area (Å²) in [6, 6.07) is 15.9. The van der Waals surface area contributed by atoms with Crippen molar-refractivity contribution < 1.29 is 0 Å². The quantitative estimate of drug-likeness (QED) is 0.737. The van der Waals surface area contributed by atoms with Gasteiger partial charge in [-0.3, -0.25) is 0 Å². The van der Waals surface area contributed by atoms with Gasteiger partial charge in [-0.2, -0.15) is 0 Å². The summed E-state index contributed by atoms with van der Waals surface area (Å²) < 4.78 is 1.17. The van der Waals surface area contributed by atoms with Gasteiger partial charge in [0.2, 0.25) is 0 Å². The highest BCUT2D eigenvalue weighted by atomic mass is 79.9. The summed E-state index contributed by atoms with van der Waals surface area (Å²) in [6.07, 6.45) is 2.35. The molecule has 0 bridgehead atoms. The molecule has 0 fully saturated rings. The van der Waals surface area contributed by atoms with Crippen molar-refractivity contribution in [2.75, 3.05) is 6.54 Å². The molecule has 0 aliphatic carbocycles. The molecule has 0 saturated heterocycles. The van der Waals surface area contributed by atoms with Crippen molar-refractivity contribution in [1.82, 2.24) is 5.32 Å². The minimum atomic E-state index is 0.262. The standard InChI is InChI=1S/C19H24BrN/c1-4-6-15-7-9-16(10-8-15)19(21-5-2)17-11-12-18(20)14(3)13-17/h7-13,19,21H,4-6H2,1-3H3. The Morgan fingerprint density at radius 1 is 1.00 bits per heavy atom. The van der Waals surface area contributed by atoms with Gasteiger partial charge in [-0.25, -0.2) is 0 Å². The van der Waals surface area contributed by atoms with E-state index in [2.05, 4.69) is 84.5 Å². The zero-order valence-electron chi connectivity index (χ0n) is 13.1. The van der Waals surface area contributed by atoms with Crippen molar-refractivity contribution in [2.45, 2.75) is 39.7 Å². The number of hydrogen-bond acceptors (Lipinski definition) is 1. The molecule has 2 rings (SSSR count). The Kier molecular flexibility index (Phi) is 6.01. The lowest BCUT2D eigenvalue weighted by molar-refractivity contribution is 0.630. The lowest BCUT2D eigenvalue weighted by atomic mass is 9.96. The highest BCUT2D eigenvalue weighted by Gasteiger charge is 2.13. The third-order valence-electron chi connectivity index (χ3n) is 3.78. The lowest BCUT2D eigenvalue weighted by Gasteiger charge is -2.20. The molecule has 0 radical (unpaired) electrons. The fraction of sp³-hybridized carbons (Fsp3) is 0.368. The summed E-state index contributed by atoms with van der Waals surface area (Å²) in [5, 5.41) is 3.60. The first-order chi connectivity index (χ1) is 10.2.